The van der Waals surface area contributed by atoms with E-state index in [1.54, 1.807) is 0 Å². The number of rotatable bonds is 9. The van der Waals surface area contributed by atoms with Crippen LogP contribution < -0.4 is 0 Å². The summed E-state index contributed by atoms with van der Waals surface area (Å²) in [5.74, 6) is -8.84. The Hall–Kier alpha value is -2.38. The number of hydrogen-bond donors (Lipinski definition) is 4. The summed E-state index contributed by atoms with van der Waals surface area (Å²) in [6.07, 6.45) is 1.45. The molecule has 0 saturated carbocycles. The maximum atomic E-state index is 10.9. The minimum Gasteiger partial charge on any atom is -0.481 e. The molecular weight excluding hydrogens is 272 g/mol. The molecule has 4 N–H and O–H groups in total. The molecule has 0 fully saturated rings. The molecule has 0 rings (SSSR count). The molecule has 8 nitrogen and oxygen atoms in total. The molecule has 0 aromatic heterocycles. The normalized spacial score (nSPS) is 15.4. The van der Waals surface area contributed by atoms with E-state index >= 15 is 0 Å². The fourth-order valence-corrected chi connectivity index (χ4v) is 1.51. The monoisotopic (exact) mass is 288 g/mol. The van der Waals surface area contributed by atoms with Gasteiger partial charge in [-0.3, -0.25) is 19.2 Å². The van der Waals surface area contributed by atoms with E-state index < -0.39 is 48.1 Å². The van der Waals surface area contributed by atoms with Gasteiger partial charge in [0, 0.05) is 0 Å². The minimum absolute atomic E-state index is 0.188. The lowest BCUT2D eigenvalue weighted by Crippen LogP contribution is -2.27. The van der Waals surface area contributed by atoms with Crippen LogP contribution >= 0.6 is 0 Å². The standard InChI is InChI=1S/C12H16O8/c1-6(10(15)16)8(12(19)20)4-2-3-7(11(17)18)5-9(13)14/h2-3,6-8H,4-5H2,1H3,(H,13,14)(H,15,16)(H,17,18)(H,19,20)/b3-2+. The van der Waals surface area contributed by atoms with E-state index in [1.807, 2.05) is 0 Å². The molecule has 8 heteroatoms. The topological polar surface area (TPSA) is 149 Å². The highest BCUT2D eigenvalue weighted by Gasteiger charge is 2.29. The molecule has 0 amide bonds. The Morgan fingerprint density at radius 3 is 1.85 bits per heavy atom. The summed E-state index contributed by atoms with van der Waals surface area (Å²) in [4.78, 5) is 42.9. The molecule has 3 unspecified atom stereocenters. The smallest absolute Gasteiger partial charge is 0.310 e. The molecule has 0 bridgehead atoms. The first kappa shape index (κ1) is 17.6. The van der Waals surface area contributed by atoms with Crippen molar-refractivity contribution in [2.24, 2.45) is 17.8 Å². The van der Waals surface area contributed by atoms with Gasteiger partial charge in [0.1, 0.15) is 0 Å². The third kappa shape index (κ3) is 5.98. The van der Waals surface area contributed by atoms with Crippen LogP contribution in [0, 0.1) is 17.8 Å². The summed E-state index contributed by atoms with van der Waals surface area (Å²) in [6.45, 7) is 1.24. The largest absolute Gasteiger partial charge is 0.481 e. The average Bonchev–Trinajstić information content (AvgIpc) is 2.30. The summed E-state index contributed by atoms with van der Waals surface area (Å²) in [7, 11) is 0. The molecule has 0 saturated heterocycles. The SMILES string of the molecule is CC(C(=O)O)C(C/C=C/C(CC(=O)O)C(=O)O)C(=O)O. The minimum atomic E-state index is -1.35. The van der Waals surface area contributed by atoms with Gasteiger partial charge in [0.05, 0.1) is 24.2 Å². The Bertz CT molecular complexity index is 425. The van der Waals surface area contributed by atoms with Crippen molar-refractivity contribution >= 4 is 23.9 Å². The van der Waals surface area contributed by atoms with E-state index in [9.17, 15) is 19.2 Å². The number of carboxylic acids is 4. The summed E-state index contributed by atoms with van der Waals surface area (Å²) >= 11 is 0. The van der Waals surface area contributed by atoms with E-state index in [2.05, 4.69) is 0 Å². The quantitative estimate of drug-likeness (QED) is 0.449. The summed E-state index contributed by atoms with van der Waals surface area (Å²) < 4.78 is 0. The van der Waals surface area contributed by atoms with E-state index in [4.69, 9.17) is 20.4 Å². The lowest BCUT2D eigenvalue weighted by molar-refractivity contribution is -0.152. The van der Waals surface area contributed by atoms with Crippen LogP contribution in [0.5, 0.6) is 0 Å². The van der Waals surface area contributed by atoms with Crippen molar-refractivity contribution in [1.82, 2.24) is 0 Å². The molecule has 0 aliphatic heterocycles. The lowest BCUT2D eigenvalue weighted by Gasteiger charge is -2.14. The van der Waals surface area contributed by atoms with Crippen molar-refractivity contribution in [3.05, 3.63) is 12.2 Å². The van der Waals surface area contributed by atoms with Gasteiger partial charge in [0.15, 0.2) is 0 Å². The van der Waals surface area contributed by atoms with Crippen LogP contribution in [-0.4, -0.2) is 44.3 Å². The molecule has 3 atom stereocenters. The fourth-order valence-electron chi connectivity index (χ4n) is 1.51. The molecule has 20 heavy (non-hydrogen) atoms. The van der Waals surface area contributed by atoms with Gasteiger partial charge >= 0.3 is 23.9 Å². The van der Waals surface area contributed by atoms with Gasteiger partial charge in [0.25, 0.3) is 0 Å². The fraction of sp³-hybridized carbons (Fsp3) is 0.500. The van der Waals surface area contributed by atoms with E-state index in [-0.39, 0.29) is 6.42 Å². The molecule has 0 spiro atoms. The van der Waals surface area contributed by atoms with Gasteiger partial charge < -0.3 is 20.4 Å². The molecular formula is C12H16O8. The van der Waals surface area contributed by atoms with Gasteiger partial charge in [-0.2, -0.15) is 0 Å². The van der Waals surface area contributed by atoms with Crippen molar-refractivity contribution in [1.29, 1.82) is 0 Å². The first-order chi connectivity index (χ1) is 9.16. The number of allylic oxidation sites excluding steroid dienone is 1. The van der Waals surface area contributed by atoms with Crippen molar-refractivity contribution < 1.29 is 39.6 Å². The highest BCUT2D eigenvalue weighted by atomic mass is 16.4. The Kier molecular flexibility index (Phi) is 6.98. The Balaban J connectivity index is 4.78. The maximum Gasteiger partial charge on any atom is 0.310 e. The zero-order valence-corrected chi connectivity index (χ0v) is 10.7. The maximum absolute atomic E-state index is 10.9. The second-order valence-electron chi connectivity index (χ2n) is 4.28. The number of hydrogen-bond acceptors (Lipinski definition) is 4. The highest BCUT2D eigenvalue weighted by Crippen LogP contribution is 2.18. The predicted molar refractivity (Wildman–Crippen MR) is 65.1 cm³/mol. The third-order valence-electron chi connectivity index (χ3n) is 2.78. The second-order valence-corrected chi connectivity index (χ2v) is 4.28. The molecule has 0 aromatic rings. The van der Waals surface area contributed by atoms with E-state index in [0.717, 1.165) is 6.08 Å². The van der Waals surface area contributed by atoms with Crippen LogP contribution in [0.1, 0.15) is 19.8 Å². The zero-order chi connectivity index (χ0) is 15.9. The Morgan fingerprint density at radius 1 is 0.950 bits per heavy atom. The lowest BCUT2D eigenvalue weighted by atomic mass is 9.90. The Labute approximate surface area is 114 Å². The van der Waals surface area contributed by atoms with Gasteiger partial charge in [0.2, 0.25) is 0 Å². The first-order valence-corrected chi connectivity index (χ1v) is 5.73. The second kappa shape index (κ2) is 7.93. The first-order valence-electron chi connectivity index (χ1n) is 5.73. The summed E-state index contributed by atoms with van der Waals surface area (Å²) in [6, 6.07) is 0. The molecule has 0 aliphatic carbocycles. The van der Waals surface area contributed by atoms with Crippen LogP contribution in [0.2, 0.25) is 0 Å². The van der Waals surface area contributed by atoms with Gasteiger partial charge in [-0.05, 0) is 6.42 Å². The van der Waals surface area contributed by atoms with Crippen LogP contribution in [0.15, 0.2) is 12.2 Å². The van der Waals surface area contributed by atoms with Crippen molar-refractivity contribution in [3.8, 4) is 0 Å². The number of carboxylic acid groups (broad SMARTS) is 4. The average molecular weight is 288 g/mol. The van der Waals surface area contributed by atoms with Crippen LogP contribution in [0.25, 0.3) is 0 Å². The summed E-state index contributed by atoms with van der Waals surface area (Å²) in [5, 5.41) is 35.0. The van der Waals surface area contributed by atoms with Crippen LogP contribution in [0.3, 0.4) is 0 Å². The molecule has 112 valence electrons. The zero-order valence-electron chi connectivity index (χ0n) is 10.7. The molecule has 0 aromatic carbocycles. The van der Waals surface area contributed by atoms with E-state index in [1.165, 1.54) is 13.0 Å². The van der Waals surface area contributed by atoms with Crippen LogP contribution in [-0.2, 0) is 19.2 Å². The third-order valence-corrected chi connectivity index (χ3v) is 2.78. The predicted octanol–water partition coefficient (Wildman–Crippen LogP) is 0.530. The van der Waals surface area contributed by atoms with Gasteiger partial charge in [-0.25, -0.2) is 0 Å². The van der Waals surface area contributed by atoms with Crippen molar-refractivity contribution in [3.63, 3.8) is 0 Å². The summed E-state index contributed by atoms with van der Waals surface area (Å²) in [5.41, 5.74) is 0. The molecule has 0 heterocycles. The van der Waals surface area contributed by atoms with Gasteiger partial charge in [-0.1, -0.05) is 19.1 Å². The Morgan fingerprint density at radius 2 is 1.50 bits per heavy atom. The number of carbonyl (C=O) groups is 4. The highest BCUT2D eigenvalue weighted by molar-refractivity contribution is 5.80. The number of aliphatic carboxylic acids is 4. The van der Waals surface area contributed by atoms with Crippen molar-refractivity contribution in [2.45, 2.75) is 19.8 Å². The van der Waals surface area contributed by atoms with Gasteiger partial charge in [-0.15, -0.1) is 0 Å². The molecule has 0 aliphatic rings. The van der Waals surface area contributed by atoms with Crippen LogP contribution in [0.4, 0.5) is 0 Å². The van der Waals surface area contributed by atoms with E-state index in [0.29, 0.717) is 0 Å². The molecule has 0 radical (unpaired) electrons. The van der Waals surface area contributed by atoms with Crippen molar-refractivity contribution in [2.75, 3.05) is 0 Å².